The molecule has 1 aromatic carbocycles. The molecule has 2 unspecified atom stereocenters. The molecule has 98 valence electrons. The van der Waals surface area contributed by atoms with E-state index in [4.69, 9.17) is 5.73 Å². The molecule has 0 aliphatic rings. The quantitative estimate of drug-likeness (QED) is 0.927. The average Bonchev–Trinajstić information content (AvgIpc) is 2.71. The molecule has 2 rings (SSSR count). The fourth-order valence-electron chi connectivity index (χ4n) is 1.82. The standard InChI is InChI=1S/C12H14BrNO2S2/c1-7(18(2,15)16)11(14)9-6-17-12-8(9)4-3-5-10(12)13/h3-7,11H,14H2,1-2H3. The van der Waals surface area contributed by atoms with Crippen LogP contribution < -0.4 is 5.73 Å². The summed E-state index contributed by atoms with van der Waals surface area (Å²) in [4.78, 5) is 0. The molecule has 1 aromatic heterocycles. The van der Waals surface area contributed by atoms with Crippen molar-refractivity contribution >= 4 is 47.2 Å². The fourth-order valence-corrected chi connectivity index (χ4v) is 4.17. The van der Waals surface area contributed by atoms with Crippen LogP contribution in [0, 0.1) is 0 Å². The van der Waals surface area contributed by atoms with Crippen molar-refractivity contribution in [1.29, 1.82) is 0 Å². The summed E-state index contributed by atoms with van der Waals surface area (Å²) in [5, 5.41) is 2.38. The molecule has 18 heavy (non-hydrogen) atoms. The number of fused-ring (bicyclic) bond motifs is 1. The molecule has 0 bridgehead atoms. The summed E-state index contributed by atoms with van der Waals surface area (Å²) in [6.07, 6.45) is 1.22. The van der Waals surface area contributed by atoms with Crippen molar-refractivity contribution in [1.82, 2.24) is 0 Å². The van der Waals surface area contributed by atoms with Gasteiger partial charge in [-0.15, -0.1) is 11.3 Å². The van der Waals surface area contributed by atoms with Crippen LogP contribution in [0.2, 0.25) is 0 Å². The molecule has 0 radical (unpaired) electrons. The Bertz CT molecular complexity index is 678. The Hall–Kier alpha value is -0.430. The van der Waals surface area contributed by atoms with E-state index in [0.717, 1.165) is 20.1 Å². The van der Waals surface area contributed by atoms with E-state index in [0.29, 0.717) is 0 Å². The van der Waals surface area contributed by atoms with Crippen molar-refractivity contribution in [3.05, 3.63) is 33.6 Å². The lowest BCUT2D eigenvalue weighted by Gasteiger charge is -2.17. The van der Waals surface area contributed by atoms with Crippen LogP contribution in [0.3, 0.4) is 0 Å². The van der Waals surface area contributed by atoms with Gasteiger partial charge in [0, 0.05) is 21.5 Å². The number of halogens is 1. The van der Waals surface area contributed by atoms with Crippen molar-refractivity contribution in [2.75, 3.05) is 6.26 Å². The minimum absolute atomic E-state index is 0.497. The van der Waals surface area contributed by atoms with Gasteiger partial charge in [0.1, 0.15) is 0 Å². The van der Waals surface area contributed by atoms with Gasteiger partial charge in [-0.1, -0.05) is 12.1 Å². The van der Waals surface area contributed by atoms with E-state index in [1.54, 1.807) is 18.3 Å². The van der Waals surface area contributed by atoms with Gasteiger partial charge in [0.05, 0.1) is 5.25 Å². The molecule has 2 atom stereocenters. The van der Waals surface area contributed by atoms with Gasteiger partial charge in [-0.25, -0.2) is 8.42 Å². The Labute approximate surface area is 119 Å². The van der Waals surface area contributed by atoms with E-state index >= 15 is 0 Å². The third-order valence-corrected chi connectivity index (χ3v) is 6.74. The molecule has 3 nitrogen and oxygen atoms in total. The van der Waals surface area contributed by atoms with Gasteiger partial charge in [-0.05, 0) is 45.2 Å². The van der Waals surface area contributed by atoms with Gasteiger partial charge in [0.15, 0.2) is 9.84 Å². The van der Waals surface area contributed by atoms with Crippen molar-refractivity contribution in [3.63, 3.8) is 0 Å². The molecule has 0 spiro atoms. The second kappa shape index (κ2) is 4.92. The van der Waals surface area contributed by atoms with E-state index in [1.165, 1.54) is 6.26 Å². The van der Waals surface area contributed by atoms with Gasteiger partial charge >= 0.3 is 0 Å². The van der Waals surface area contributed by atoms with Gasteiger partial charge in [-0.3, -0.25) is 0 Å². The first-order valence-electron chi connectivity index (χ1n) is 5.42. The molecule has 2 N–H and O–H groups in total. The molecule has 0 saturated heterocycles. The largest absolute Gasteiger partial charge is 0.323 e. The van der Waals surface area contributed by atoms with E-state index < -0.39 is 21.1 Å². The average molecular weight is 348 g/mol. The summed E-state index contributed by atoms with van der Waals surface area (Å²) in [6, 6.07) is 5.37. The van der Waals surface area contributed by atoms with Crippen LogP contribution in [-0.4, -0.2) is 19.9 Å². The van der Waals surface area contributed by atoms with Gasteiger partial charge in [0.2, 0.25) is 0 Å². The number of sulfone groups is 1. The Morgan fingerprint density at radius 2 is 2.06 bits per heavy atom. The van der Waals surface area contributed by atoms with E-state index in [1.807, 2.05) is 23.6 Å². The molecule has 0 fully saturated rings. The highest BCUT2D eigenvalue weighted by molar-refractivity contribution is 9.10. The topological polar surface area (TPSA) is 60.2 Å². The monoisotopic (exact) mass is 347 g/mol. The third-order valence-electron chi connectivity index (χ3n) is 3.12. The zero-order chi connectivity index (χ0) is 13.5. The molecular weight excluding hydrogens is 334 g/mol. The molecule has 0 saturated carbocycles. The van der Waals surface area contributed by atoms with Crippen molar-refractivity contribution in [2.45, 2.75) is 18.2 Å². The normalized spacial score (nSPS) is 15.8. The zero-order valence-electron chi connectivity index (χ0n) is 10.1. The highest BCUT2D eigenvalue weighted by atomic mass is 79.9. The second-order valence-electron chi connectivity index (χ2n) is 4.37. The zero-order valence-corrected chi connectivity index (χ0v) is 13.3. The summed E-state index contributed by atoms with van der Waals surface area (Å²) in [5.41, 5.74) is 6.99. The van der Waals surface area contributed by atoms with Gasteiger partial charge < -0.3 is 5.73 Å². The maximum absolute atomic E-state index is 11.6. The van der Waals surface area contributed by atoms with Crippen molar-refractivity contribution in [3.8, 4) is 0 Å². The molecule has 1 heterocycles. The molecule has 6 heteroatoms. The second-order valence-corrected chi connectivity index (χ2v) is 8.50. The summed E-state index contributed by atoms with van der Waals surface area (Å²) in [6.45, 7) is 1.65. The lowest BCUT2D eigenvalue weighted by molar-refractivity contribution is 0.572. The first-order chi connectivity index (χ1) is 8.32. The minimum atomic E-state index is -3.14. The minimum Gasteiger partial charge on any atom is -0.323 e. The number of thiophene rings is 1. The first-order valence-corrected chi connectivity index (χ1v) is 9.05. The van der Waals surface area contributed by atoms with E-state index in [-0.39, 0.29) is 0 Å². The molecular formula is C12H14BrNO2S2. The fraction of sp³-hybridized carbons (Fsp3) is 0.333. The number of rotatable bonds is 3. The highest BCUT2D eigenvalue weighted by Gasteiger charge is 2.26. The summed E-state index contributed by atoms with van der Waals surface area (Å²) < 4.78 is 25.3. The highest BCUT2D eigenvalue weighted by Crippen LogP contribution is 2.36. The van der Waals surface area contributed by atoms with Gasteiger partial charge in [-0.2, -0.15) is 0 Å². The molecule has 2 aromatic rings. The SMILES string of the molecule is CC(C(N)c1csc2c(Br)cccc12)S(C)(=O)=O. The lowest BCUT2D eigenvalue weighted by atomic mass is 10.0. The predicted molar refractivity (Wildman–Crippen MR) is 80.8 cm³/mol. The van der Waals surface area contributed by atoms with Crippen LogP contribution in [0.5, 0.6) is 0 Å². The van der Waals surface area contributed by atoms with E-state index in [2.05, 4.69) is 15.9 Å². The van der Waals surface area contributed by atoms with Crippen LogP contribution in [0.1, 0.15) is 18.5 Å². The molecule has 0 aliphatic carbocycles. The summed E-state index contributed by atoms with van der Waals surface area (Å²) >= 11 is 5.06. The maximum Gasteiger partial charge on any atom is 0.151 e. The van der Waals surface area contributed by atoms with Crippen molar-refractivity contribution in [2.24, 2.45) is 5.73 Å². The Morgan fingerprint density at radius 1 is 1.39 bits per heavy atom. The van der Waals surface area contributed by atoms with Gasteiger partial charge in [0.25, 0.3) is 0 Å². The van der Waals surface area contributed by atoms with Crippen LogP contribution in [-0.2, 0) is 9.84 Å². The number of hydrogen-bond acceptors (Lipinski definition) is 4. The number of nitrogens with two attached hydrogens (primary N) is 1. The van der Waals surface area contributed by atoms with Crippen LogP contribution >= 0.6 is 27.3 Å². The van der Waals surface area contributed by atoms with Crippen molar-refractivity contribution < 1.29 is 8.42 Å². The summed E-state index contributed by atoms with van der Waals surface area (Å²) in [7, 11) is -3.14. The maximum atomic E-state index is 11.6. The van der Waals surface area contributed by atoms with Crippen LogP contribution in [0.4, 0.5) is 0 Å². The Kier molecular flexibility index (Phi) is 3.82. The van der Waals surface area contributed by atoms with E-state index in [9.17, 15) is 8.42 Å². The number of hydrogen-bond donors (Lipinski definition) is 1. The smallest absolute Gasteiger partial charge is 0.151 e. The Morgan fingerprint density at radius 3 is 2.67 bits per heavy atom. The third kappa shape index (κ3) is 2.47. The molecule has 0 amide bonds. The number of benzene rings is 1. The van der Waals surface area contributed by atoms with Crippen LogP contribution in [0.15, 0.2) is 28.1 Å². The Balaban J connectivity index is 2.53. The first kappa shape index (κ1) is 14.0. The predicted octanol–water partition coefficient (Wildman–Crippen LogP) is 3.10. The summed E-state index contributed by atoms with van der Waals surface area (Å²) in [5.74, 6) is 0. The molecule has 0 aliphatic heterocycles. The van der Waals surface area contributed by atoms with Crippen LogP contribution in [0.25, 0.3) is 10.1 Å². The lowest BCUT2D eigenvalue weighted by Crippen LogP contribution is -2.30.